The molecule has 2 atom stereocenters. The van der Waals surface area contributed by atoms with E-state index in [-0.39, 0.29) is 30.3 Å². The third-order valence-corrected chi connectivity index (χ3v) is 5.40. The van der Waals surface area contributed by atoms with E-state index in [0.717, 1.165) is 16.9 Å². The van der Waals surface area contributed by atoms with Crippen molar-refractivity contribution in [2.75, 3.05) is 24.9 Å². The fourth-order valence-electron chi connectivity index (χ4n) is 2.73. The topological polar surface area (TPSA) is 81.4 Å². The molecule has 8 heteroatoms. The van der Waals surface area contributed by atoms with E-state index >= 15 is 0 Å². The molecule has 3 N–H and O–H groups in total. The lowest BCUT2D eigenvalue weighted by Gasteiger charge is -2.19. The second kappa shape index (κ2) is 14.8. The molecule has 1 rings (SSSR count). The molecule has 0 radical (unpaired) electrons. The zero-order chi connectivity index (χ0) is 21.1. The Kier molecular flexibility index (Phi) is 14.2. The Morgan fingerprint density at radius 1 is 1.34 bits per heavy atom. The van der Waals surface area contributed by atoms with Gasteiger partial charge in [-0.05, 0) is 48.0 Å². The zero-order valence-corrected chi connectivity index (χ0v) is 20.0. The van der Waals surface area contributed by atoms with Gasteiger partial charge >= 0.3 is 5.97 Å². The lowest BCUT2D eigenvalue weighted by Crippen LogP contribution is -2.42. The van der Waals surface area contributed by atoms with E-state index in [9.17, 15) is 9.59 Å². The van der Waals surface area contributed by atoms with E-state index < -0.39 is 12.0 Å². The van der Waals surface area contributed by atoms with E-state index in [1.165, 1.54) is 7.11 Å². The lowest BCUT2D eigenvalue weighted by atomic mass is 9.93. The molecule has 1 unspecified atom stereocenters. The van der Waals surface area contributed by atoms with Gasteiger partial charge in [-0.25, -0.2) is 4.79 Å². The summed E-state index contributed by atoms with van der Waals surface area (Å²) in [6, 6.07) is 5.16. The molecule has 0 heterocycles. The van der Waals surface area contributed by atoms with Gasteiger partial charge in [-0.2, -0.15) is 24.4 Å². The average molecular weight is 461 g/mol. The third kappa shape index (κ3) is 9.47. The van der Waals surface area contributed by atoms with Gasteiger partial charge < -0.3 is 15.8 Å². The van der Waals surface area contributed by atoms with Crippen molar-refractivity contribution >= 4 is 48.7 Å². The number of carbonyl (C=O) groups excluding carboxylic acids is 2. The van der Waals surface area contributed by atoms with Crippen molar-refractivity contribution in [3.63, 3.8) is 0 Å². The fourth-order valence-corrected chi connectivity index (χ4v) is 3.33. The summed E-state index contributed by atoms with van der Waals surface area (Å²) in [7, 11) is 1.34. The van der Waals surface area contributed by atoms with Crippen LogP contribution in [0.1, 0.15) is 47.7 Å². The second-order valence-electron chi connectivity index (χ2n) is 6.89. The first-order chi connectivity index (χ1) is 13.3. The molecule has 0 aliphatic carbocycles. The van der Waals surface area contributed by atoms with Crippen molar-refractivity contribution in [2.45, 2.75) is 44.7 Å². The minimum absolute atomic E-state index is 0. The molecular weight excluding hydrogens is 428 g/mol. The van der Waals surface area contributed by atoms with Gasteiger partial charge in [0.15, 0.2) is 0 Å². The Morgan fingerprint density at radius 2 is 2.03 bits per heavy atom. The highest BCUT2D eigenvalue weighted by Crippen LogP contribution is 2.22. The van der Waals surface area contributed by atoms with Crippen molar-refractivity contribution in [1.82, 2.24) is 5.32 Å². The number of esters is 1. The molecule has 1 amide bonds. The van der Waals surface area contributed by atoms with Crippen LogP contribution in [0.25, 0.3) is 0 Å². The molecule has 29 heavy (non-hydrogen) atoms. The number of allylic oxidation sites excluding steroid dienone is 1. The first-order valence-corrected chi connectivity index (χ1v) is 11.4. The predicted molar refractivity (Wildman–Crippen MR) is 129 cm³/mol. The minimum atomic E-state index is -0.651. The standard InChI is InChI=1S/C21H32N2O3S2.ClH/c1-14(2)17-9-8-15(6-5-7-16(22)13-27)12-18(17)20(24)23-19(10-11-28-4)21(25)26-3;/h5,7-9,12,14,16,19,27H,6,10-11,13,22H2,1-4H3,(H,23,24);1H/b7-5+;/t16?,19-;/m0./s1. The minimum Gasteiger partial charge on any atom is -0.467 e. The largest absolute Gasteiger partial charge is 0.467 e. The van der Waals surface area contributed by atoms with Crippen LogP contribution in [0.4, 0.5) is 0 Å². The fraction of sp³-hybridized carbons (Fsp3) is 0.524. The van der Waals surface area contributed by atoms with Crippen LogP contribution < -0.4 is 11.1 Å². The number of thioether (sulfide) groups is 1. The monoisotopic (exact) mass is 460 g/mol. The van der Waals surface area contributed by atoms with Crippen molar-refractivity contribution in [3.05, 3.63) is 47.0 Å². The summed E-state index contributed by atoms with van der Waals surface area (Å²) in [6.45, 7) is 4.09. The van der Waals surface area contributed by atoms with E-state index in [2.05, 4.69) is 17.9 Å². The maximum atomic E-state index is 13.0. The van der Waals surface area contributed by atoms with Crippen LogP contribution in [0, 0.1) is 0 Å². The number of hydrogen-bond donors (Lipinski definition) is 3. The van der Waals surface area contributed by atoms with Gasteiger partial charge in [0.25, 0.3) is 5.91 Å². The first kappa shape index (κ1) is 27.8. The normalized spacial score (nSPS) is 13.1. The van der Waals surface area contributed by atoms with Gasteiger partial charge in [-0.15, -0.1) is 12.4 Å². The number of ether oxygens (including phenoxy) is 1. The summed E-state index contributed by atoms with van der Waals surface area (Å²) in [5.41, 5.74) is 8.40. The van der Waals surface area contributed by atoms with Gasteiger partial charge in [-0.3, -0.25) is 4.79 Å². The Labute approximate surface area is 190 Å². The summed E-state index contributed by atoms with van der Waals surface area (Å²) in [4.78, 5) is 25.0. The van der Waals surface area contributed by atoms with Crippen molar-refractivity contribution < 1.29 is 14.3 Å². The number of hydrogen-bond acceptors (Lipinski definition) is 6. The summed E-state index contributed by atoms with van der Waals surface area (Å²) >= 11 is 5.79. The molecule has 164 valence electrons. The molecule has 0 bridgehead atoms. The molecule has 0 spiro atoms. The second-order valence-corrected chi connectivity index (χ2v) is 8.24. The van der Waals surface area contributed by atoms with Crippen molar-refractivity contribution in [2.24, 2.45) is 5.73 Å². The van der Waals surface area contributed by atoms with Crippen LogP contribution in [0.3, 0.4) is 0 Å². The van der Waals surface area contributed by atoms with Gasteiger partial charge in [-0.1, -0.05) is 38.1 Å². The van der Waals surface area contributed by atoms with E-state index in [1.54, 1.807) is 11.8 Å². The number of nitrogens with one attached hydrogen (secondary N) is 1. The number of rotatable bonds is 11. The maximum Gasteiger partial charge on any atom is 0.328 e. The molecule has 1 aromatic rings. The smallest absolute Gasteiger partial charge is 0.328 e. The highest BCUT2D eigenvalue weighted by atomic mass is 35.5. The highest BCUT2D eigenvalue weighted by Gasteiger charge is 2.23. The lowest BCUT2D eigenvalue weighted by molar-refractivity contribution is -0.142. The molecule has 0 saturated carbocycles. The van der Waals surface area contributed by atoms with Crippen LogP contribution in [0.5, 0.6) is 0 Å². The third-order valence-electron chi connectivity index (χ3n) is 4.33. The number of amides is 1. The van der Waals surface area contributed by atoms with Crippen molar-refractivity contribution in [3.8, 4) is 0 Å². The summed E-state index contributed by atoms with van der Waals surface area (Å²) in [5, 5.41) is 2.85. The van der Waals surface area contributed by atoms with Gasteiger partial charge in [0.2, 0.25) is 0 Å². The molecule has 5 nitrogen and oxygen atoms in total. The van der Waals surface area contributed by atoms with Crippen molar-refractivity contribution in [1.29, 1.82) is 0 Å². The van der Waals surface area contributed by atoms with E-state index in [4.69, 9.17) is 10.5 Å². The highest BCUT2D eigenvalue weighted by molar-refractivity contribution is 7.98. The number of carbonyl (C=O) groups is 2. The molecule has 0 aromatic heterocycles. The molecular formula is C21H33ClN2O3S2. The van der Waals surface area contributed by atoms with Crippen LogP contribution in [0.2, 0.25) is 0 Å². The number of thiol groups is 1. The first-order valence-electron chi connectivity index (χ1n) is 9.37. The van der Waals surface area contributed by atoms with Gasteiger partial charge in [0, 0.05) is 17.4 Å². The van der Waals surface area contributed by atoms with Crippen LogP contribution in [-0.2, 0) is 16.0 Å². The molecule has 0 aliphatic heterocycles. The molecule has 0 aliphatic rings. The van der Waals surface area contributed by atoms with Crippen LogP contribution >= 0.6 is 36.8 Å². The number of halogens is 1. The SMILES string of the molecule is COC(=O)[C@H](CCSC)NC(=O)c1cc(C/C=C/C(N)CS)ccc1C(C)C.Cl. The number of nitrogens with two attached hydrogens (primary N) is 1. The predicted octanol–water partition coefficient (Wildman–Crippen LogP) is 3.61. The summed E-state index contributed by atoms with van der Waals surface area (Å²) in [6.07, 6.45) is 7.07. The van der Waals surface area contributed by atoms with Crippen LogP contribution in [0.15, 0.2) is 30.4 Å². The van der Waals surface area contributed by atoms with Gasteiger partial charge in [0.1, 0.15) is 6.04 Å². The van der Waals surface area contributed by atoms with E-state index in [1.807, 2.05) is 50.5 Å². The maximum absolute atomic E-state index is 13.0. The zero-order valence-electron chi connectivity index (χ0n) is 17.5. The van der Waals surface area contributed by atoms with Gasteiger partial charge in [0.05, 0.1) is 7.11 Å². The van der Waals surface area contributed by atoms with Crippen LogP contribution in [-0.4, -0.2) is 48.8 Å². The number of benzene rings is 1. The Balaban J connectivity index is 0.00000784. The Hall–Kier alpha value is -1.15. The van der Waals surface area contributed by atoms with E-state index in [0.29, 0.717) is 24.2 Å². The quantitative estimate of drug-likeness (QED) is 0.267. The average Bonchev–Trinajstić information content (AvgIpc) is 2.69. The number of methoxy groups -OCH3 is 1. The Morgan fingerprint density at radius 3 is 2.59 bits per heavy atom. The summed E-state index contributed by atoms with van der Waals surface area (Å²) in [5.74, 6) is 0.853. The Bertz CT molecular complexity index is 684. The molecule has 1 aromatic carbocycles. The summed E-state index contributed by atoms with van der Waals surface area (Å²) < 4.78 is 4.84. The molecule has 0 saturated heterocycles. The molecule has 0 fully saturated rings.